The fourth-order valence-corrected chi connectivity index (χ4v) is 4.20. The van der Waals surface area contributed by atoms with Crippen LogP contribution >= 0.6 is 0 Å². The summed E-state index contributed by atoms with van der Waals surface area (Å²) in [6.07, 6.45) is 0.705. The fraction of sp³-hybridized carbons (Fsp3) is 0.435. The molecular weight excluding hydrogens is 416 g/mol. The van der Waals surface area contributed by atoms with Gasteiger partial charge in [-0.3, -0.25) is 4.79 Å². The second-order valence-electron chi connectivity index (χ2n) is 7.73. The highest BCUT2D eigenvalue weighted by molar-refractivity contribution is 7.89. The van der Waals surface area contributed by atoms with Gasteiger partial charge in [-0.15, -0.1) is 0 Å². The molecular formula is C23H32N2O5S. The predicted molar refractivity (Wildman–Crippen MR) is 121 cm³/mol. The molecule has 31 heavy (non-hydrogen) atoms. The molecule has 8 heteroatoms. The van der Waals surface area contributed by atoms with Crippen molar-refractivity contribution in [3.05, 3.63) is 53.6 Å². The van der Waals surface area contributed by atoms with Crippen molar-refractivity contribution in [3.63, 3.8) is 0 Å². The number of ether oxygens (including phenoxy) is 2. The lowest BCUT2D eigenvalue weighted by Gasteiger charge is -2.18. The SMILES string of the molecule is CCC(C)NS(=O)(=O)c1ccc(C(=O)NC(C)c2ccc(OC(C)C)c(OC)c2)cc1. The van der Waals surface area contributed by atoms with Crippen molar-refractivity contribution in [2.45, 2.75) is 64.1 Å². The number of methoxy groups -OCH3 is 1. The van der Waals surface area contributed by atoms with E-state index in [0.29, 0.717) is 23.5 Å². The van der Waals surface area contributed by atoms with E-state index in [0.717, 1.165) is 5.56 Å². The van der Waals surface area contributed by atoms with Gasteiger partial charge in [0, 0.05) is 11.6 Å². The van der Waals surface area contributed by atoms with E-state index in [1.165, 1.54) is 24.3 Å². The summed E-state index contributed by atoms with van der Waals surface area (Å²) in [5.74, 6) is 0.936. The van der Waals surface area contributed by atoms with Crippen LogP contribution in [-0.4, -0.2) is 33.6 Å². The molecule has 0 aliphatic heterocycles. The summed E-state index contributed by atoms with van der Waals surface area (Å²) in [7, 11) is -2.04. The van der Waals surface area contributed by atoms with Gasteiger partial charge >= 0.3 is 0 Å². The molecule has 0 saturated heterocycles. The molecule has 2 N–H and O–H groups in total. The fourth-order valence-electron chi connectivity index (χ4n) is 2.87. The number of carbonyl (C=O) groups is 1. The van der Waals surface area contributed by atoms with Gasteiger partial charge < -0.3 is 14.8 Å². The van der Waals surface area contributed by atoms with E-state index in [-0.39, 0.29) is 29.0 Å². The highest BCUT2D eigenvalue weighted by Gasteiger charge is 2.18. The Bertz CT molecular complexity index is 988. The summed E-state index contributed by atoms with van der Waals surface area (Å²) in [5.41, 5.74) is 1.24. The molecule has 0 aliphatic rings. The van der Waals surface area contributed by atoms with Gasteiger partial charge in [0.25, 0.3) is 5.91 Å². The topological polar surface area (TPSA) is 93.7 Å². The zero-order valence-electron chi connectivity index (χ0n) is 18.9. The Morgan fingerprint density at radius 1 is 1.00 bits per heavy atom. The average Bonchev–Trinajstić information content (AvgIpc) is 2.73. The number of sulfonamides is 1. The lowest BCUT2D eigenvalue weighted by Crippen LogP contribution is -2.32. The molecule has 0 fully saturated rings. The molecule has 1 amide bonds. The number of hydrogen-bond acceptors (Lipinski definition) is 5. The minimum Gasteiger partial charge on any atom is -0.493 e. The quantitative estimate of drug-likeness (QED) is 0.572. The first-order chi connectivity index (χ1) is 14.6. The molecule has 0 bridgehead atoms. The van der Waals surface area contributed by atoms with Crippen molar-refractivity contribution in [2.24, 2.45) is 0 Å². The summed E-state index contributed by atoms with van der Waals surface area (Å²) in [6.45, 7) is 9.45. The van der Waals surface area contributed by atoms with Crippen molar-refractivity contribution in [1.82, 2.24) is 10.0 Å². The van der Waals surface area contributed by atoms with E-state index >= 15 is 0 Å². The molecule has 0 aromatic heterocycles. The molecule has 0 radical (unpaired) electrons. The van der Waals surface area contributed by atoms with Crippen molar-refractivity contribution < 1.29 is 22.7 Å². The summed E-state index contributed by atoms with van der Waals surface area (Å²) in [4.78, 5) is 12.8. The van der Waals surface area contributed by atoms with Crippen molar-refractivity contribution in [3.8, 4) is 11.5 Å². The molecule has 0 aliphatic carbocycles. The molecule has 7 nitrogen and oxygen atoms in total. The standard InChI is InChI=1S/C23H32N2O5S/c1-7-16(4)25-31(27,28)20-11-8-18(9-12-20)23(26)24-17(5)19-10-13-21(30-15(2)3)22(14-19)29-6/h8-17,25H,7H2,1-6H3,(H,24,26). The first kappa shape index (κ1) is 24.7. The van der Waals surface area contributed by atoms with E-state index in [2.05, 4.69) is 10.0 Å². The van der Waals surface area contributed by atoms with Crippen LogP contribution in [0.2, 0.25) is 0 Å². The van der Waals surface area contributed by atoms with Gasteiger partial charge in [0.15, 0.2) is 11.5 Å². The normalized spacial score (nSPS) is 13.5. The smallest absolute Gasteiger partial charge is 0.251 e. The van der Waals surface area contributed by atoms with Gasteiger partial charge in [-0.25, -0.2) is 13.1 Å². The van der Waals surface area contributed by atoms with Gasteiger partial charge in [0.05, 0.1) is 24.2 Å². The van der Waals surface area contributed by atoms with Crippen LogP contribution in [0.15, 0.2) is 47.4 Å². The van der Waals surface area contributed by atoms with Crippen LogP contribution < -0.4 is 19.5 Å². The molecule has 2 atom stereocenters. The summed E-state index contributed by atoms with van der Waals surface area (Å²) >= 11 is 0. The van der Waals surface area contributed by atoms with Gasteiger partial charge in [-0.05, 0) is 76.1 Å². The number of nitrogens with one attached hydrogen (secondary N) is 2. The monoisotopic (exact) mass is 448 g/mol. The molecule has 170 valence electrons. The molecule has 2 unspecified atom stereocenters. The Morgan fingerprint density at radius 3 is 2.19 bits per heavy atom. The predicted octanol–water partition coefficient (Wildman–Crippen LogP) is 4.05. The van der Waals surface area contributed by atoms with E-state index in [1.54, 1.807) is 14.0 Å². The average molecular weight is 449 g/mol. The first-order valence-corrected chi connectivity index (χ1v) is 11.8. The van der Waals surface area contributed by atoms with Crippen LogP contribution in [0.3, 0.4) is 0 Å². The Morgan fingerprint density at radius 2 is 1.65 bits per heavy atom. The molecule has 2 aromatic rings. The zero-order chi connectivity index (χ0) is 23.2. The van der Waals surface area contributed by atoms with E-state index in [9.17, 15) is 13.2 Å². The van der Waals surface area contributed by atoms with Crippen LogP contribution in [0.1, 0.15) is 63.0 Å². The van der Waals surface area contributed by atoms with Crippen molar-refractivity contribution >= 4 is 15.9 Å². The number of carbonyl (C=O) groups excluding carboxylic acids is 1. The van der Waals surface area contributed by atoms with Crippen LogP contribution in [0.4, 0.5) is 0 Å². The van der Waals surface area contributed by atoms with Crippen LogP contribution in [-0.2, 0) is 10.0 Å². The van der Waals surface area contributed by atoms with Gasteiger partial charge in [0.2, 0.25) is 10.0 Å². The Labute approximate surface area is 185 Å². The first-order valence-electron chi connectivity index (χ1n) is 10.3. The maximum atomic E-state index is 12.6. The summed E-state index contributed by atoms with van der Waals surface area (Å²) in [5, 5.41) is 2.92. The second-order valence-corrected chi connectivity index (χ2v) is 9.44. The minimum atomic E-state index is -3.61. The molecule has 0 saturated carbocycles. The van der Waals surface area contributed by atoms with E-state index in [1.807, 2.05) is 45.9 Å². The lowest BCUT2D eigenvalue weighted by atomic mass is 10.1. The third-order valence-electron chi connectivity index (χ3n) is 4.79. The molecule has 2 aromatic carbocycles. The summed E-state index contributed by atoms with van der Waals surface area (Å²) in [6, 6.07) is 11.0. The van der Waals surface area contributed by atoms with Gasteiger partial charge in [-0.1, -0.05) is 13.0 Å². The number of amides is 1. The molecule has 0 spiro atoms. The van der Waals surface area contributed by atoms with Gasteiger partial charge in [-0.2, -0.15) is 0 Å². The van der Waals surface area contributed by atoms with Crippen molar-refractivity contribution in [2.75, 3.05) is 7.11 Å². The highest BCUT2D eigenvalue weighted by Crippen LogP contribution is 2.31. The third-order valence-corrected chi connectivity index (χ3v) is 6.40. The van der Waals surface area contributed by atoms with E-state index in [4.69, 9.17) is 9.47 Å². The van der Waals surface area contributed by atoms with Crippen molar-refractivity contribution in [1.29, 1.82) is 0 Å². The Kier molecular flexibility index (Phi) is 8.47. The van der Waals surface area contributed by atoms with Crippen LogP contribution in [0, 0.1) is 0 Å². The second kappa shape index (κ2) is 10.6. The minimum absolute atomic E-state index is 0.0176. The highest BCUT2D eigenvalue weighted by atomic mass is 32.2. The Hall–Kier alpha value is -2.58. The third kappa shape index (κ3) is 6.70. The maximum Gasteiger partial charge on any atom is 0.251 e. The largest absolute Gasteiger partial charge is 0.493 e. The van der Waals surface area contributed by atoms with Gasteiger partial charge in [0.1, 0.15) is 0 Å². The number of hydrogen-bond donors (Lipinski definition) is 2. The van der Waals surface area contributed by atoms with E-state index < -0.39 is 10.0 Å². The number of benzene rings is 2. The summed E-state index contributed by atoms with van der Waals surface area (Å²) < 4.78 is 38.5. The number of rotatable bonds is 10. The van der Waals surface area contributed by atoms with Crippen LogP contribution in [0.25, 0.3) is 0 Å². The molecule has 0 heterocycles. The lowest BCUT2D eigenvalue weighted by molar-refractivity contribution is 0.0939. The Balaban J connectivity index is 2.11. The maximum absolute atomic E-state index is 12.6. The molecule has 2 rings (SSSR count). The van der Waals surface area contributed by atoms with Crippen LogP contribution in [0.5, 0.6) is 11.5 Å². The zero-order valence-corrected chi connectivity index (χ0v) is 19.7.